The molecule has 3 aromatic heterocycles. The molecule has 0 aliphatic carbocycles. The Morgan fingerprint density at radius 2 is 1.72 bits per heavy atom. The Hall–Kier alpha value is -3.81. The number of nitrogens with zero attached hydrogens (tertiary/aromatic N) is 5. The summed E-state index contributed by atoms with van der Waals surface area (Å²) in [6.45, 7) is 3.20. The SMILES string of the molecule is CCOc1cccc(Oc2ccc(CCNc3ncnc4nccnc34)cc2)n1. The fourth-order valence-electron chi connectivity index (χ4n) is 2.78. The summed E-state index contributed by atoms with van der Waals surface area (Å²) in [7, 11) is 0. The number of rotatable bonds is 8. The second kappa shape index (κ2) is 8.92. The van der Waals surface area contributed by atoms with Crippen LogP contribution in [0.25, 0.3) is 11.2 Å². The van der Waals surface area contributed by atoms with E-state index in [2.05, 4.69) is 30.2 Å². The van der Waals surface area contributed by atoms with Gasteiger partial charge >= 0.3 is 0 Å². The minimum absolute atomic E-state index is 0.502. The van der Waals surface area contributed by atoms with Crippen molar-refractivity contribution in [2.45, 2.75) is 13.3 Å². The maximum Gasteiger partial charge on any atom is 0.222 e. The molecule has 0 unspecified atom stereocenters. The first kappa shape index (κ1) is 18.5. The predicted octanol–water partition coefficient (Wildman–Crippen LogP) is 3.66. The van der Waals surface area contributed by atoms with E-state index in [1.165, 1.54) is 11.9 Å². The molecule has 0 aliphatic rings. The second-order valence-electron chi connectivity index (χ2n) is 6.12. The van der Waals surface area contributed by atoms with Crippen LogP contribution in [0.5, 0.6) is 17.5 Å². The van der Waals surface area contributed by atoms with E-state index in [0.717, 1.165) is 12.2 Å². The molecule has 1 aromatic carbocycles. The molecular formula is C21H20N6O2. The van der Waals surface area contributed by atoms with E-state index in [4.69, 9.17) is 9.47 Å². The molecule has 4 aromatic rings. The molecule has 0 saturated carbocycles. The molecule has 0 atom stereocenters. The summed E-state index contributed by atoms with van der Waals surface area (Å²) in [4.78, 5) is 21.2. The lowest BCUT2D eigenvalue weighted by molar-refractivity contribution is 0.321. The Labute approximate surface area is 168 Å². The van der Waals surface area contributed by atoms with Gasteiger partial charge in [0.15, 0.2) is 11.5 Å². The van der Waals surface area contributed by atoms with Crippen molar-refractivity contribution in [3.05, 3.63) is 66.7 Å². The Kier molecular flexibility index (Phi) is 5.70. The lowest BCUT2D eigenvalue weighted by Crippen LogP contribution is -2.08. The van der Waals surface area contributed by atoms with E-state index in [1.54, 1.807) is 24.5 Å². The van der Waals surface area contributed by atoms with Gasteiger partial charge in [0, 0.05) is 31.1 Å². The Bertz CT molecular complexity index is 1080. The first-order valence-corrected chi connectivity index (χ1v) is 9.34. The second-order valence-corrected chi connectivity index (χ2v) is 6.12. The molecule has 0 radical (unpaired) electrons. The van der Waals surface area contributed by atoms with Crippen molar-refractivity contribution in [2.24, 2.45) is 0 Å². The molecule has 0 bridgehead atoms. The van der Waals surface area contributed by atoms with Crippen LogP contribution in [-0.4, -0.2) is 38.1 Å². The van der Waals surface area contributed by atoms with E-state index >= 15 is 0 Å². The van der Waals surface area contributed by atoms with Crippen LogP contribution in [-0.2, 0) is 6.42 Å². The van der Waals surface area contributed by atoms with Crippen molar-refractivity contribution in [3.63, 3.8) is 0 Å². The highest BCUT2D eigenvalue weighted by atomic mass is 16.5. The molecule has 0 fully saturated rings. The molecule has 1 N–H and O–H groups in total. The minimum Gasteiger partial charge on any atom is -0.478 e. The summed E-state index contributed by atoms with van der Waals surface area (Å²) in [6.07, 6.45) is 5.56. The van der Waals surface area contributed by atoms with Gasteiger partial charge in [-0.1, -0.05) is 18.2 Å². The normalized spacial score (nSPS) is 10.7. The van der Waals surface area contributed by atoms with E-state index < -0.39 is 0 Å². The third-order valence-electron chi connectivity index (χ3n) is 4.11. The van der Waals surface area contributed by atoms with Crippen molar-refractivity contribution in [2.75, 3.05) is 18.5 Å². The quantitative estimate of drug-likeness (QED) is 0.489. The smallest absolute Gasteiger partial charge is 0.222 e. The van der Waals surface area contributed by atoms with Gasteiger partial charge in [-0.3, -0.25) is 0 Å². The third-order valence-corrected chi connectivity index (χ3v) is 4.11. The standard InChI is InChI=1S/C21H20N6O2/c1-2-28-17-4-3-5-18(27-17)29-16-8-6-15(7-9-16)10-11-23-20-19-21(26-14-25-20)24-13-12-22-19/h3-9,12-14H,2,10-11H2,1H3,(H,23,24,25,26). The lowest BCUT2D eigenvalue weighted by atomic mass is 10.1. The summed E-state index contributed by atoms with van der Waals surface area (Å²) in [5, 5.41) is 3.30. The van der Waals surface area contributed by atoms with Crippen LogP contribution in [0.2, 0.25) is 0 Å². The van der Waals surface area contributed by atoms with Crippen molar-refractivity contribution in [3.8, 4) is 17.5 Å². The van der Waals surface area contributed by atoms with Crippen LogP contribution < -0.4 is 14.8 Å². The Morgan fingerprint density at radius 1 is 0.897 bits per heavy atom. The van der Waals surface area contributed by atoms with Crippen molar-refractivity contribution < 1.29 is 9.47 Å². The number of hydrogen-bond acceptors (Lipinski definition) is 8. The highest BCUT2D eigenvalue weighted by Crippen LogP contribution is 2.22. The maximum atomic E-state index is 5.80. The van der Waals surface area contributed by atoms with Gasteiger partial charge in [-0.05, 0) is 31.0 Å². The molecule has 146 valence electrons. The number of ether oxygens (including phenoxy) is 2. The van der Waals surface area contributed by atoms with Crippen LogP contribution in [0.3, 0.4) is 0 Å². The van der Waals surface area contributed by atoms with Gasteiger partial charge in [0.05, 0.1) is 6.61 Å². The van der Waals surface area contributed by atoms with Gasteiger partial charge in [0.1, 0.15) is 17.6 Å². The largest absolute Gasteiger partial charge is 0.478 e. The fourth-order valence-corrected chi connectivity index (χ4v) is 2.78. The molecule has 0 saturated heterocycles. The minimum atomic E-state index is 0.502. The van der Waals surface area contributed by atoms with Crippen LogP contribution in [0, 0.1) is 0 Å². The summed E-state index contributed by atoms with van der Waals surface area (Å²) < 4.78 is 11.2. The van der Waals surface area contributed by atoms with E-state index in [9.17, 15) is 0 Å². The maximum absolute atomic E-state index is 5.80. The number of nitrogens with one attached hydrogen (secondary N) is 1. The summed E-state index contributed by atoms with van der Waals surface area (Å²) >= 11 is 0. The molecular weight excluding hydrogens is 368 g/mol. The van der Waals surface area contributed by atoms with E-state index in [1.807, 2.05) is 37.3 Å². The molecule has 0 aliphatic heterocycles. The summed E-state index contributed by atoms with van der Waals surface area (Å²) in [6, 6.07) is 13.4. The number of benzene rings is 1. The van der Waals surface area contributed by atoms with Gasteiger partial charge in [-0.2, -0.15) is 4.98 Å². The van der Waals surface area contributed by atoms with Gasteiger partial charge < -0.3 is 14.8 Å². The van der Waals surface area contributed by atoms with Crippen molar-refractivity contribution >= 4 is 17.0 Å². The molecule has 4 rings (SSSR count). The van der Waals surface area contributed by atoms with Crippen LogP contribution in [0.15, 0.2) is 61.2 Å². The molecule has 3 heterocycles. The van der Waals surface area contributed by atoms with E-state index in [0.29, 0.717) is 41.9 Å². The highest BCUT2D eigenvalue weighted by Gasteiger charge is 2.05. The molecule has 8 nitrogen and oxygen atoms in total. The van der Waals surface area contributed by atoms with Crippen molar-refractivity contribution in [1.29, 1.82) is 0 Å². The average molecular weight is 388 g/mol. The Morgan fingerprint density at radius 3 is 2.59 bits per heavy atom. The summed E-state index contributed by atoms with van der Waals surface area (Å²) in [5.41, 5.74) is 2.42. The molecule has 0 spiro atoms. The topological polar surface area (TPSA) is 94.9 Å². The van der Waals surface area contributed by atoms with Crippen molar-refractivity contribution in [1.82, 2.24) is 24.9 Å². The zero-order chi connectivity index (χ0) is 19.9. The summed E-state index contributed by atoms with van der Waals surface area (Å²) in [5.74, 6) is 2.46. The van der Waals surface area contributed by atoms with Gasteiger partial charge in [-0.15, -0.1) is 0 Å². The zero-order valence-electron chi connectivity index (χ0n) is 15.9. The number of hydrogen-bond donors (Lipinski definition) is 1. The van der Waals surface area contributed by atoms with Crippen LogP contribution in [0.4, 0.5) is 5.82 Å². The molecule has 8 heteroatoms. The fraction of sp³-hybridized carbons (Fsp3) is 0.190. The third kappa shape index (κ3) is 4.73. The zero-order valence-corrected chi connectivity index (χ0v) is 15.9. The average Bonchev–Trinajstić information content (AvgIpc) is 2.76. The lowest BCUT2D eigenvalue weighted by Gasteiger charge is -2.09. The van der Waals surface area contributed by atoms with Gasteiger partial charge in [0.25, 0.3) is 0 Å². The highest BCUT2D eigenvalue weighted by molar-refractivity contribution is 5.81. The van der Waals surface area contributed by atoms with Crippen LogP contribution >= 0.6 is 0 Å². The van der Waals surface area contributed by atoms with Gasteiger partial charge in [-0.25, -0.2) is 19.9 Å². The number of pyridine rings is 1. The van der Waals surface area contributed by atoms with Gasteiger partial charge in [0.2, 0.25) is 11.8 Å². The van der Waals surface area contributed by atoms with Crippen LogP contribution in [0.1, 0.15) is 12.5 Å². The molecule has 29 heavy (non-hydrogen) atoms. The number of fused-ring (bicyclic) bond motifs is 1. The number of aromatic nitrogens is 5. The Balaban J connectivity index is 1.34. The molecule has 0 amide bonds. The first-order valence-electron chi connectivity index (χ1n) is 9.34. The number of anilines is 1. The predicted molar refractivity (Wildman–Crippen MR) is 109 cm³/mol. The van der Waals surface area contributed by atoms with E-state index in [-0.39, 0.29) is 0 Å². The first-order chi connectivity index (χ1) is 14.3. The monoisotopic (exact) mass is 388 g/mol.